The van der Waals surface area contributed by atoms with E-state index in [1.807, 2.05) is 11.0 Å². The number of hydrogen-bond donors (Lipinski definition) is 1. The van der Waals surface area contributed by atoms with Crippen LogP contribution in [0.15, 0.2) is 29.0 Å². The van der Waals surface area contributed by atoms with Gasteiger partial charge >= 0.3 is 6.03 Å². The molecule has 3 heterocycles. The number of rotatable bonds is 3. The molecule has 2 aromatic heterocycles. The van der Waals surface area contributed by atoms with Crippen molar-refractivity contribution in [2.75, 3.05) is 6.54 Å². The van der Waals surface area contributed by atoms with Crippen molar-refractivity contribution in [3.05, 3.63) is 44.3 Å². The van der Waals surface area contributed by atoms with E-state index in [1.165, 1.54) is 15.3 Å². The maximum atomic E-state index is 12.6. The minimum absolute atomic E-state index is 0.0546. The van der Waals surface area contributed by atoms with Crippen LogP contribution < -0.4 is 5.32 Å². The summed E-state index contributed by atoms with van der Waals surface area (Å²) in [5.74, 6) is 0.383. The molecular weight excluding hydrogens is 300 g/mol. The van der Waals surface area contributed by atoms with E-state index in [4.69, 9.17) is 0 Å². The second-order valence-electron chi connectivity index (χ2n) is 5.73. The van der Waals surface area contributed by atoms with Crippen LogP contribution in [0.4, 0.5) is 4.79 Å². The fourth-order valence-corrected chi connectivity index (χ4v) is 4.52. The Balaban J connectivity index is 1.68. The Labute approximate surface area is 133 Å². The van der Waals surface area contributed by atoms with E-state index in [0.717, 1.165) is 19.5 Å². The molecular formula is C16H20N2OS2. The molecule has 1 aliphatic heterocycles. The lowest BCUT2D eigenvalue weighted by Crippen LogP contribution is -2.44. The third-order valence-corrected chi connectivity index (χ3v) is 5.87. The highest BCUT2D eigenvalue weighted by Gasteiger charge is 2.25. The molecule has 2 amide bonds. The highest BCUT2D eigenvalue weighted by atomic mass is 32.1. The number of thiophene rings is 2. The zero-order valence-electron chi connectivity index (χ0n) is 12.3. The lowest BCUT2D eigenvalue weighted by atomic mass is 10.0. The quantitative estimate of drug-likeness (QED) is 0.899. The zero-order chi connectivity index (χ0) is 14.8. The molecule has 0 aliphatic carbocycles. The molecule has 0 bridgehead atoms. The van der Waals surface area contributed by atoms with Crippen LogP contribution in [-0.2, 0) is 13.0 Å². The van der Waals surface area contributed by atoms with Crippen molar-refractivity contribution in [3.63, 3.8) is 0 Å². The van der Waals surface area contributed by atoms with E-state index < -0.39 is 0 Å². The summed E-state index contributed by atoms with van der Waals surface area (Å²) in [5.41, 5.74) is 1.30. The first-order valence-electron chi connectivity index (χ1n) is 7.29. The van der Waals surface area contributed by atoms with Crippen molar-refractivity contribution in [2.24, 2.45) is 5.92 Å². The molecule has 112 valence electrons. The SMILES string of the molecule is CC(C)C(NC(=O)N1CCc2sccc2C1)c1cccs1. The van der Waals surface area contributed by atoms with Crippen LogP contribution in [0.5, 0.6) is 0 Å². The van der Waals surface area contributed by atoms with Crippen molar-refractivity contribution < 1.29 is 4.79 Å². The summed E-state index contributed by atoms with van der Waals surface area (Å²) in [6.45, 7) is 5.85. The molecule has 3 nitrogen and oxygen atoms in total. The summed E-state index contributed by atoms with van der Waals surface area (Å²) >= 11 is 3.51. The Hall–Kier alpha value is -1.33. The van der Waals surface area contributed by atoms with Crippen molar-refractivity contribution in [2.45, 2.75) is 32.9 Å². The molecule has 1 atom stereocenters. The van der Waals surface area contributed by atoms with Gasteiger partial charge in [-0.05, 0) is 40.8 Å². The third-order valence-electron chi connectivity index (χ3n) is 3.89. The summed E-state index contributed by atoms with van der Waals surface area (Å²) in [7, 11) is 0. The Morgan fingerprint density at radius 1 is 1.29 bits per heavy atom. The van der Waals surface area contributed by atoms with Crippen LogP contribution in [0.25, 0.3) is 0 Å². The molecule has 0 aromatic carbocycles. The van der Waals surface area contributed by atoms with Gasteiger partial charge in [0.05, 0.1) is 6.04 Å². The summed E-state index contributed by atoms with van der Waals surface area (Å²) in [4.78, 5) is 17.1. The average Bonchev–Trinajstić information content (AvgIpc) is 3.14. The lowest BCUT2D eigenvalue weighted by molar-refractivity contribution is 0.185. The smallest absolute Gasteiger partial charge is 0.318 e. The molecule has 0 spiro atoms. The number of urea groups is 1. The summed E-state index contributed by atoms with van der Waals surface area (Å²) < 4.78 is 0. The second kappa shape index (κ2) is 6.20. The van der Waals surface area contributed by atoms with E-state index in [1.54, 1.807) is 22.7 Å². The molecule has 1 aliphatic rings. The van der Waals surface area contributed by atoms with Crippen LogP contribution in [0.2, 0.25) is 0 Å². The van der Waals surface area contributed by atoms with Gasteiger partial charge < -0.3 is 10.2 Å². The highest BCUT2D eigenvalue weighted by Crippen LogP contribution is 2.27. The molecule has 2 aromatic rings. The monoisotopic (exact) mass is 320 g/mol. The molecule has 0 saturated heterocycles. The summed E-state index contributed by atoms with van der Waals surface area (Å²) in [5, 5.41) is 7.40. The molecule has 21 heavy (non-hydrogen) atoms. The van der Waals surface area contributed by atoms with Crippen LogP contribution in [0.3, 0.4) is 0 Å². The number of fused-ring (bicyclic) bond motifs is 1. The van der Waals surface area contributed by atoms with Crippen LogP contribution in [0, 0.1) is 5.92 Å². The molecule has 5 heteroatoms. The normalized spacial score (nSPS) is 15.9. The van der Waals surface area contributed by atoms with Crippen molar-refractivity contribution in [1.82, 2.24) is 10.2 Å². The molecule has 1 N–H and O–H groups in total. The van der Waals surface area contributed by atoms with E-state index >= 15 is 0 Å². The van der Waals surface area contributed by atoms with Gasteiger partial charge in [0, 0.05) is 22.8 Å². The zero-order valence-corrected chi connectivity index (χ0v) is 14.0. The van der Waals surface area contributed by atoms with Gasteiger partial charge in [-0.2, -0.15) is 0 Å². The van der Waals surface area contributed by atoms with E-state index in [2.05, 4.69) is 42.1 Å². The van der Waals surface area contributed by atoms with Gasteiger partial charge in [-0.3, -0.25) is 0 Å². The lowest BCUT2D eigenvalue weighted by Gasteiger charge is -2.30. The van der Waals surface area contributed by atoms with Gasteiger partial charge in [0.2, 0.25) is 0 Å². The van der Waals surface area contributed by atoms with Gasteiger partial charge in [0.15, 0.2) is 0 Å². The summed E-state index contributed by atoms with van der Waals surface area (Å²) in [6, 6.07) is 6.43. The first-order valence-corrected chi connectivity index (χ1v) is 9.05. The Morgan fingerprint density at radius 3 is 2.86 bits per heavy atom. The van der Waals surface area contributed by atoms with E-state index in [-0.39, 0.29) is 12.1 Å². The molecule has 3 rings (SSSR count). The van der Waals surface area contributed by atoms with E-state index in [0.29, 0.717) is 5.92 Å². The Kier molecular flexibility index (Phi) is 4.31. The van der Waals surface area contributed by atoms with Crippen LogP contribution >= 0.6 is 22.7 Å². The fourth-order valence-electron chi connectivity index (χ4n) is 2.68. The minimum atomic E-state index is 0.0546. The maximum absolute atomic E-state index is 12.6. The number of nitrogens with zero attached hydrogens (tertiary/aromatic N) is 1. The first-order chi connectivity index (χ1) is 10.1. The van der Waals surface area contributed by atoms with Crippen LogP contribution in [0.1, 0.15) is 35.2 Å². The van der Waals surface area contributed by atoms with Crippen LogP contribution in [-0.4, -0.2) is 17.5 Å². The van der Waals surface area contributed by atoms with Crippen molar-refractivity contribution >= 4 is 28.7 Å². The largest absolute Gasteiger partial charge is 0.330 e. The first kappa shape index (κ1) is 14.6. The second-order valence-corrected chi connectivity index (χ2v) is 7.71. The van der Waals surface area contributed by atoms with Crippen molar-refractivity contribution in [3.8, 4) is 0 Å². The van der Waals surface area contributed by atoms with Gasteiger partial charge in [-0.15, -0.1) is 22.7 Å². The molecule has 0 radical (unpaired) electrons. The fraction of sp³-hybridized carbons (Fsp3) is 0.438. The molecule has 0 fully saturated rings. The van der Waals surface area contributed by atoms with Gasteiger partial charge in [-0.1, -0.05) is 19.9 Å². The topological polar surface area (TPSA) is 32.3 Å². The maximum Gasteiger partial charge on any atom is 0.318 e. The molecule has 0 saturated carbocycles. The minimum Gasteiger partial charge on any atom is -0.330 e. The number of amides is 2. The molecule has 1 unspecified atom stereocenters. The number of carbonyl (C=O) groups excluding carboxylic acids is 1. The third kappa shape index (κ3) is 3.14. The van der Waals surface area contributed by atoms with Crippen molar-refractivity contribution in [1.29, 1.82) is 0 Å². The van der Waals surface area contributed by atoms with Gasteiger partial charge in [0.1, 0.15) is 0 Å². The van der Waals surface area contributed by atoms with E-state index in [9.17, 15) is 4.79 Å². The number of nitrogens with one attached hydrogen (secondary N) is 1. The predicted octanol–water partition coefficient (Wildman–Crippen LogP) is 4.27. The predicted molar refractivity (Wildman–Crippen MR) is 88.9 cm³/mol. The summed E-state index contributed by atoms with van der Waals surface area (Å²) in [6.07, 6.45) is 0.978. The van der Waals surface area contributed by atoms with Gasteiger partial charge in [0.25, 0.3) is 0 Å². The van der Waals surface area contributed by atoms with Gasteiger partial charge in [-0.25, -0.2) is 4.79 Å². The average molecular weight is 320 g/mol. The highest BCUT2D eigenvalue weighted by molar-refractivity contribution is 7.10. The standard InChI is InChI=1S/C16H20N2OS2/c1-11(2)15(14-4-3-8-20-14)17-16(19)18-7-5-13-12(10-18)6-9-21-13/h3-4,6,8-9,11,15H,5,7,10H2,1-2H3,(H,17,19). The Morgan fingerprint density at radius 2 is 2.14 bits per heavy atom. The Bertz CT molecular complexity index is 604. The number of hydrogen-bond acceptors (Lipinski definition) is 3. The number of carbonyl (C=O) groups is 1.